The molecule has 7 heteroatoms. The third-order valence-electron chi connectivity index (χ3n) is 2.84. The van der Waals surface area contributed by atoms with Crippen molar-refractivity contribution < 1.29 is 19.1 Å². The Bertz CT molecular complexity index is 670. The average molecular weight is 334 g/mol. The Morgan fingerprint density at radius 1 is 1.26 bits per heavy atom. The van der Waals surface area contributed by atoms with E-state index in [1.54, 1.807) is 13.8 Å². The van der Waals surface area contributed by atoms with E-state index in [4.69, 9.17) is 9.47 Å². The molecule has 2 rings (SSSR count). The number of thiazole rings is 1. The zero-order valence-electron chi connectivity index (χ0n) is 13.0. The Morgan fingerprint density at radius 2 is 2.00 bits per heavy atom. The molecule has 1 aromatic heterocycles. The minimum absolute atomic E-state index is 0.197. The van der Waals surface area contributed by atoms with Gasteiger partial charge in [0.05, 0.1) is 25.3 Å². The van der Waals surface area contributed by atoms with Crippen LogP contribution in [-0.2, 0) is 9.53 Å². The fourth-order valence-corrected chi connectivity index (χ4v) is 2.67. The Morgan fingerprint density at radius 3 is 2.70 bits per heavy atom. The standard InChI is InChI=1S/C16H18N2O4S/c1-3-21-15(20)14-11(2)17-16(23-14)18-13(19)9-10-22-12-7-5-4-6-8-12/h4-8H,3,9-10H2,1-2H3,(H,17,18,19). The van der Waals surface area contributed by atoms with Gasteiger partial charge in [-0.05, 0) is 26.0 Å². The molecule has 122 valence electrons. The SMILES string of the molecule is CCOC(=O)c1sc(NC(=O)CCOc2ccccc2)nc1C. The normalized spacial score (nSPS) is 10.2. The van der Waals surface area contributed by atoms with Crippen molar-refractivity contribution in [2.45, 2.75) is 20.3 Å². The van der Waals surface area contributed by atoms with Crippen LogP contribution in [0.25, 0.3) is 0 Å². The molecular weight excluding hydrogens is 316 g/mol. The van der Waals surface area contributed by atoms with Gasteiger partial charge >= 0.3 is 5.97 Å². The molecule has 0 aliphatic carbocycles. The second-order valence-electron chi connectivity index (χ2n) is 4.61. The predicted octanol–water partition coefficient (Wildman–Crippen LogP) is 3.04. The number of ether oxygens (including phenoxy) is 2. The Hall–Kier alpha value is -2.41. The molecule has 0 fully saturated rings. The summed E-state index contributed by atoms with van der Waals surface area (Å²) in [5, 5.41) is 3.05. The van der Waals surface area contributed by atoms with Gasteiger partial charge in [0.1, 0.15) is 10.6 Å². The number of rotatable bonds is 7. The average Bonchev–Trinajstić information content (AvgIpc) is 2.89. The number of nitrogens with one attached hydrogen (secondary N) is 1. The first-order valence-electron chi connectivity index (χ1n) is 7.22. The number of carbonyl (C=O) groups excluding carboxylic acids is 2. The molecule has 1 amide bonds. The number of amides is 1. The third kappa shape index (κ3) is 5.07. The minimum atomic E-state index is -0.421. The third-order valence-corrected chi connectivity index (χ3v) is 3.90. The second-order valence-corrected chi connectivity index (χ2v) is 5.61. The molecule has 1 N–H and O–H groups in total. The van der Waals surface area contributed by atoms with Gasteiger partial charge in [-0.15, -0.1) is 0 Å². The van der Waals surface area contributed by atoms with Crippen LogP contribution in [0.3, 0.4) is 0 Å². The summed E-state index contributed by atoms with van der Waals surface area (Å²) in [4.78, 5) is 28.2. The summed E-state index contributed by atoms with van der Waals surface area (Å²) >= 11 is 1.11. The van der Waals surface area contributed by atoms with Gasteiger partial charge in [-0.25, -0.2) is 9.78 Å². The highest BCUT2D eigenvalue weighted by Gasteiger charge is 2.17. The molecule has 0 aliphatic rings. The van der Waals surface area contributed by atoms with Gasteiger partial charge in [-0.2, -0.15) is 0 Å². The molecule has 0 atom stereocenters. The van der Waals surface area contributed by atoms with Crippen molar-refractivity contribution in [3.8, 4) is 5.75 Å². The summed E-state index contributed by atoms with van der Waals surface area (Å²) in [6.07, 6.45) is 0.197. The van der Waals surface area contributed by atoms with Gasteiger partial charge in [-0.3, -0.25) is 4.79 Å². The zero-order chi connectivity index (χ0) is 16.7. The van der Waals surface area contributed by atoms with Crippen molar-refractivity contribution in [2.24, 2.45) is 0 Å². The summed E-state index contributed by atoms with van der Waals surface area (Å²) in [6.45, 7) is 4.01. The number of nitrogens with zero attached hydrogens (tertiary/aromatic N) is 1. The fraction of sp³-hybridized carbons (Fsp3) is 0.312. The van der Waals surface area contributed by atoms with Gasteiger partial charge in [-0.1, -0.05) is 29.5 Å². The topological polar surface area (TPSA) is 77.5 Å². The lowest BCUT2D eigenvalue weighted by molar-refractivity contribution is -0.116. The highest BCUT2D eigenvalue weighted by Crippen LogP contribution is 2.23. The Balaban J connectivity index is 1.83. The molecule has 0 saturated heterocycles. The van der Waals surface area contributed by atoms with Crippen LogP contribution < -0.4 is 10.1 Å². The maximum absolute atomic E-state index is 11.9. The minimum Gasteiger partial charge on any atom is -0.493 e. The van der Waals surface area contributed by atoms with Gasteiger partial charge < -0.3 is 14.8 Å². The van der Waals surface area contributed by atoms with Crippen molar-refractivity contribution >= 4 is 28.3 Å². The van der Waals surface area contributed by atoms with Crippen molar-refractivity contribution in [1.82, 2.24) is 4.98 Å². The van der Waals surface area contributed by atoms with E-state index in [-0.39, 0.29) is 18.9 Å². The highest BCUT2D eigenvalue weighted by molar-refractivity contribution is 7.17. The monoisotopic (exact) mass is 334 g/mol. The van der Waals surface area contributed by atoms with E-state index in [1.807, 2.05) is 30.3 Å². The van der Waals surface area contributed by atoms with Crippen LogP contribution in [0.2, 0.25) is 0 Å². The van der Waals surface area contributed by atoms with E-state index >= 15 is 0 Å². The van der Waals surface area contributed by atoms with Gasteiger partial charge in [0.2, 0.25) is 5.91 Å². The first-order valence-corrected chi connectivity index (χ1v) is 8.04. The number of hydrogen-bond acceptors (Lipinski definition) is 6. The number of benzene rings is 1. The van der Waals surface area contributed by atoms with Crippen molar-refractivity contribution in [1.29, 1.82) is 0 Å². The number of aryl methyl sites for hydroxylation is 1. The summed E-state index contributed by atoms with van der Waals surface area (Å²) in [5.41, 5.74) is 0.546. The molecule has 0 saturated carbocycles. The van der Waals surface area contributed by atoms with Crippen LogP contribution in [0, 0.1) is 6.92 Å². The molecule has 23 heavy (non-hydrogen) atoms. The van der Waals surface area contributed by atoms with Gasteiger partial charge in [0.25, 0.3) is 0 Å². The summed E-state index contributed by atoms with van der Waals surface area (Å²) in [7, 11) is 0. The van der Waals surface area contributed by atoms with Crippen molar-refractivity contribution in [3.05, 3.63) is 40.9 Å². The molecule has 1 heterocycles. The molecule has 6 nitrogen and oxygen atoms in total. The van der Waals surface area contributed by atoms with E-state index in [2.05, 4.69) is 10.3 Å². The zero-order valence-corrected chi connectivity index (χ0v) is 13.8. The largest absolute Gasteiger partial charge is 0.493 e. The Labute approximate surface area is 138 Å². The molecule has 2 aromatic rings. The maximum Gasteiger partial charge on any atom is 0.350 e. The van der Waals surface area contributed by atoms with Crippen molar-refractivity contribution in [3.63, 3.8) is 0 Å². The van der Waals surface area contributed by atoms with Crippen LogP contribution in [0.15, 0.2) is 30.3 Å². The van der Waals surface area contributed by atoms with Crippen LogP contribution in [0.1, 0.15) is 28.7 Å². The fourth-order valence-electron chi connectivity index (χ4n) is 1.80. The lowest BCUT2D eigenvalue weighted by Crippen LogP contribution is -2.15. The first kappa shape index (κ1) is 17.0. The number of para-hydroxylation sites is 1. The quantitative estimate of drug-likeness (QED) is 0.788. The number of carbonyl (C=O) groups is 2. The van der Waals surface area contributed by atoms with E-state index in [0.717, 1.165) is 17.1 Å². The van der Waals surface area contributed by atoms with E-state index in [0.29, 0.717) is 22.3 Å². The summed E-state index contributed by atoms with van der Waals surface area (Å²) in [6, 6.07) is 9.28. The lowest BCUT2D eigenvalue weighted by atomic mass is 10.3. The smallest absolute Gasteiger partial charge is 0.350 e. The molecule has 0 radical (unpaired) electrons. The van der Waals surface area contributed by atoms with E-state index in [1.165, 1.54) is 0 Å². The number of hydrogen-bond donors (Lipinski definition) is 1. The maximum atomic E-state index is 11.9. The van der Waals surface area contributed by atoms with Gasteiger partial charge in [0.15, 0.2) is 5.13 Å². The molecule has 0 aliphatic heterocycles. The molecule has 1 aromatic carbocycles. The number of esters is 1. The molecule has 0 spiro atoms. The summed E-state index contributed by atoms with van der Waals surface area (Å²) in [5.74, 6) is 0.0792. The molecular formula is C16H18N2O4S. The molecule has 0 bridgehead atoms. The van der Waals surface area contributed by atoms with Crippen LogP contribution in [0.4, 0.5) is 5.13 Å². The van der Waals surface area contributed by atoms with Crippen LogP contribution in [0.5, 0.6) is 5.75 Å². The van der Waals surface area contributed by atoms with E-state index in [9.17, 15) is 9.59 Å². The Kier molecular flexibility index (Phi) is 6.10. The van der Waals surface area contributed by atoms with E-state index < -0.39 is 5.97 Å². The first-order chi connectivity index (χ1) is 11.1. The number of anilines is 1. The predicted molar refractivity (Wildman–Crippen MR) is 88.0 cm³/mol. The van der Waals surface area contributed by atoms with Crippen LogP contribution in [-0.4, -0.2) is 30.1 Å². The number of aromatic nitrogens is 1. The second kappa shape index (κ2) is 8.28. The molecule has 0 unspecified atom stereocenters. The summed E-state index contributed by atoms with van der Waals surface area (Å²) < 4.78 is 10.4. The van der Waals surface area contributed by atoms with Crippen LogP contribution >= 0.6 is 11.3 Å². The van der Waals surface area contributed by atoms with Gasteiger partial charge in [0, 0.05) is 0 Å². The highest BCUT2D eigenvalue weighted by atomic mass is 32.1. The van der Waals surface area contributed by atoms with Crippen molar-refractivity contribution in [2.75, 3.05) is 18.5 Å². The lowest BCUT2D eigenvalue weighted by Gasteiger charge is -2.05.